The summed E-state index contributed by atoms with van der Waals surface area (Å²) in [6.07, 6.45) is 0.123. The van der Waals surface area contributed by atoms with E-state index in [1.807, 2.05) is 20.2 Å². The van der Waals surface area contributed by atoms with Crippen LogP contribution >= 0.6 is 11.6 Å². The number of rotatable bonds is 10. The van der Waals surface area contributed by atoms with Crippen LogP contribution in [-0.2, 0) is 21.2 Å². The molecule has 0 amide bonds. The van der Waals surface area contributed by atoms with Gasteiger partial charge in [-0.1, -0.05) is 35.9 Å². The van der Waals surface area contributed by atoms with Crippen LogP contribution in [0.3, 0.4) is 0 Å². The normalized spacial score (nSPS) is 11.5. The van der Waals surface area contributed by atoms with Crippen molar-refractivity contribution in [3.05, 3.63) is 76.8 Å². The van der Waals surface area contributed by atoms with E-state index in [9.17, 15) is 13.2 Å². The number of carbonyl (C=O) groups excluding carboxylic acids is 1. The number of carbonyl (C=O) groups is 1. The zero-order valence-corrected chi connectivity index (χ0v) is 23.0. The Kier molecular flexibility index (Phi) is 8.15. The van der Waals surface area contributed by atoms with Crippen LogP contribution in [-0.4, -0.2) is 56.8 Å². The van der Waals surface area contributed by atoms with Crippen LogP contribution in [0.2, 0.25) is 5.02 Å². The van der Waals surface area contributed by atoms with Gasteiger partial charge in [-0.25, -0.2) is 18.4 Å². The van der Waals surface area contributed by atoms with E-state index in [1.54, 1.807) is 60.4 Å². The molecule has 0 saturated carbocycles. The number of ketones is 1. The van der Waals surface area contributed by atoms with Gasteiger partial charge in [-0.3, -0.25) is 9.52 Å². The number of Topliss-reactive ketones (excluding diaryl/α,β-unsaturated/α-hetero) is 1. The van der Waals surface area contributed by atoms with E-state index >= 15 is 0 Å². The molecule has 0 bridgehead atoms. The zero-order valence-electron chi connectivity index (χ0n) is 21.4. The second-order valence-corrected chi connectivity index (χ2v) is 11.1. The summed E-state index contributed by atoms with van der Waals surface area (Å²) in [4.78, 5) is 23.3. The van der Waals surface area contributed by atoms with Crippen molar-refractivity contribution in [1.29, 1.82) is 0 Å². The van der Waals surface area contributed by atoms with Gasteiger partial charge >= 0.3 is 0 Å². The predicted molar refractivity (Wildman–Crippen MR) is 150 cm³/mol. The number of hydrogen-bond donors (Lipinski definition) is 2. The van der Waals surface area contributed by atoms with E-state index in [2.05, 4.69) is 20.0 Å². The first-order chi connectivity index (χ1) is 18.1. The van der Waals surface area contributed by atoms with E-state index in [-0.39, 0.29) is 35.3 Å². The van der Waals surface area contributed by atoms with Crippen molar-refractivity contribution in [2.24, 2.45) is 0 Å². The number of anilines is 3. The van der Waals surface area contributed by atoms with Gasteiger partial charge in [-0.15, -0.1) is 0 Å². The summed E-state index contributed by atoms with van der Waals surface area (Å²) < 4.78 is 35.1. The lowest BCUT2D eigenvalue weighted by molar-refractivity contribution is -0.119. The van der Waals surface area contributed by atoms with Crippen LogP contribution in [0.1, 0.15) is 11.1 Å². The quantitative estimate of drug-likeness (QED) is 0.287. The highest BCUT2D eigenvalue weighted by Crippen LogP contribution is 2.33. The van der Waals surface area contributed by atoms with Crippen LogP contribution in [0.5, 0.6) is 5.75 Å². The van der Waals surface area contributed by atoms with Gasteiger partial charge in [-0.05, 0) is 62.5 Å². The fourth-order valence-electron chi connectivity index (χ4n) is 3.88. The van der Waals surface area contributed by atoms with Crippen LogP contribution in [0.15, 0.2) is 65.6 Å². The highest BCUT2D eigenvalue weighted by molar-refractivity contribution is 7.92. The number of aromatic nitrogens is 2. The minimum absolute atomic E-state index is 0.00364. The van der Waals surface area contributed by atoms with E-state index in [0.29, 0.717) is 38.6 Å². The Morgan fingerprint density at radius 3 is 2.34 bits per heavy atom. The van der Waals surface area contributed by atoms with E-state index in [1.165, 1.54) is 13.2 Å². The van der Waals surface area contributed by atoms with E-state index < -0.39 is 10.0 Å². The fraction of sp³-hybridized carbons (Fsp3) is 0.222. The molecule has 0 spiro atoms. The summed E-state index contributed by atoms with van der Waals surface area (Å²) in [5.41, 5.74) is 2.67. The van der Waals surface area contributed by atoms with Gasteiger partial charge in [0.1, 0.15) is 5.75 Å². The monoisotopic (exact) mass is 553 g/mol. The highest BCUT2D eigenvalue weighted by Gasteiger charge is 2.22. The maximum atomic E-state index is 13.6. The maximum absolute atomic E-state index is 13.6. The number of fused-ring (bicyclic) bond motifs is 1. The second-order valence-electron chi connectivity index (χ2n) is 9.04. The third-order valence-electron chi connectivity index (χ3n) is 5.66. The average molecular weight is 554 g/mol. The largest absolute Gasteiger partial charge is 0.497 e. The Bertz CT molecular complexity index is 1610. The Morgan fingerprint density at radius 1 is 1.00 bits per heavy atom. The predicted octanol–water partition coefficient (Wildman–Crippen LogP) is 4.82. The molecule has 198 valence electrons. The lowest BCUT2D eigenvalue weighted by Crippen LogP contribution is -2.23. The molecule has 0 aliphatic rings. The van der Waals surface area contributed by atoms with Gasteiger partial charge in [0.05, 0.1) is 40.3 Å². The number of benzene rings is 3. The smallest absolute Gasteiger partial charge is 0.263 e. The maximum Gasteiger partial charge on any atom is 0.263 e. The summed E-state index contributed by atoms with van der Waals surface area (Å²) in [6.45, 7) is 1.96. The number of hydrogen-bond acceptors (Lipinski definition) is 8. The third-order valence-corrected chi connectivity index (χ3v) is 7.47. The Labute approximate surface area is 226 Å². The number of methoxy groups -OCH3 is 1. The molecule has 1 heterocycles. The molecule has 11 heteroatoms. The molecule has 0 atom stereocenters. The first kappa shape index (κ1) is 27.3. The molecule has 0 unspecified atom stereocenters. The van der Waals surface area contributed by atoms with Gasteiger partial charge in [-0.2, -0.15) is 0 Å². The van der Waals surface area contributed by atoms with Crippen molar-refractivity contribution < 1.29 is 17.9 Å². The number of nitrogens with one attached hydrogen (secondary N) is 2. The molecule has 0 fully saturated rings. The molecular weight excluding hydrogens is 526 g/mol. The number of nitrogens with zero attached hydrogens (tertiary/aromatic N) is 3. The number of aryl methyl sites for hydroxylation is 1. The molecule has 0 radical (unpaired) electrons. The molecule has 1 aromatic heterocycles. The summed E-state index contributed by atoms with van der Waals surface area (Å²) in [5, 5.41) is 3.48. The number of ether oxygens (including phenoxy) is 1. The van der Waals surface area contributed by atoms with Gasteiger partial charge in [0, 0.05) is 12.5 Å². The second kappa shape index (κ2) is 11.3. The van der Waals surface area contributed by atoms with Crippen LogP contribution in [0.4, 0.5) is 17.3 Å². The van der Waals surface area contributed by atoms with Crippen LogP contribution in [0, 0.1) is 6.92 Å². The lowest BCUT2D eigenvalue weighted by atomic mass is 10.1. The number of para-hydroxylation sites is 2. The minimum Gasteiger partial charge on any atom is -0.497 e. The summed E-state index contributed by atoms with van der Waals surface area (Å²) in [7, 11) is 1.05. The molecule has 0 aliphatic heterocycles. The molecule has 9 nitrogen and oxygen atoms in total. The van der Waals surface area contributed by atoms with Gasteiger partial charge in [0.25, 0.3) is 10.0 Å². The standard InChI is InChI=1S/C27H28ClN5O4S/c1-17-9-10-18(13-19(34)16-33(2)3)14-25(17)38(35,36)32-27-26(29-22-7-5-6-8-23(22)30-27)31-24-15-20(37-4)11-12-21(24)28/h5-12,14-15H,13,16H2,1-4H3,(H,29,31)(H,30,32). The first-order valence-corrected chi connectivity index (χ1v) is 13.6. The van der Waals surface area contributed by atoms with Gasteiger partial charge in [0.15, 0.2) is 17.4 Å². The summed E-state index contributed by atoms with van der Waals surface area (Å²) >= 11 is 6.38. The third kappa shape index (κ3) is 6.39. The van der Waals surface area contributed by atoms with Gasteiger partial charge in [0.2, 0.25) is 0 Å². The van der Waals surface area contributed by atoms with Crippen LogP contribution < -0.4 is 14.8 Å². The Morgan fingerprint density at radius 2 is 1.68 bits per heavy atom. The first-order valence-electron chi connectivity index (χ1n) is 11.7. The van der Waals surface area contributed by atoms with Crippen molar-refractivity contribution in [2.75, 3.05) is 37.8 Å². The van der Waals surface area contributed by atoms with Crippen molar-refractivity contribution in [1.82, 2.24) is 14.9 Å². The van der Waals surface area contributed by atoms with E-state index in [4.69, 9.17) is 16.3 Å². The highest BCUT2D eigenvalue weighted by atomic mass is 35.5. The molecule has 2 N–H and O–H groups in total. The SMILES string of the molecule is COc1ccc(Cl)c(Nc2nc3ccccc3nc2NS(=O)(=O)c2cc(CC(=O)CN(C)C)ccc2C)c1. The van der Waals surface area contributed by atoms with Crippen molar-refractivity contribution in [3.63, 3.8) is 0 Å². The van der Waals surface area contributed by atoms with Crippen LogP contribution in [0.25, 0.3) is 11.0 Å². The topological polar surface area (TPSA) is 114 Å². The number of likely N-dealkylation sites (N-methyl/N-ethyl adjacent to an activating group) is 1. The Balaban J connectivity index is 1.73. The Hall–Kier alpha value is -3.73. The van der Waals surface area contributed by atoms with Gasteiger partial charge < -0.3 is 15.0 Å². The summed E-state index contributed by atoms with van der Waals surface area (Å²) in [6, 6.07) is 17.1. The number of halogens is 1. The summed E-state index contributed by atoms with van der Waals surface area (Å²) in [5.74, 6) is 0.703. The molecular formula is C27H28ClN5O4S. The molecule has 3 aromatic carbocycles. The zero-order chi connectivity index (χ0) is 27.4. The molecule has 0 saturated heterocycles. The lowest BCUT2D eigenvalue weighted by Gasteiger charge is -2.16. The molecule has 4 rings (SSSR count). The van der Waals surface area contributed by atoms with E-state index in [0.717, 1.165) is 0 Å². The number of sulfonamides is 1. The van der Waals surface area contributed by atoms with Crippen molar-refractivity contribution in [3.8, 4) is 5.75 Å². The van der Waals surface area contributed by atoms with Crippen molar-refractivity contribution in [2.45, 2.75) is 18.2 Å². The molecule has 0 aliphatic carbocycles. The average Bonchev–Trinajstić information content (AvgIpc) is 2.86. The minimum atomic E-state index is -4.10. The molecule has 4 aromatic rings. The molecule has 38 heavy (non-hydrogen) atoms. The fourth-order valence-corrected chi connectivity index (χ4v) is 5.35. The van der Waals surface area contributed by atoms with Crippen molar-refractivity contribution >= 4 is 55.8 Å².